The number of hydrogen-bond donors (Lipinski definition) is 0. The molecule has 1 heterocycles. The zero-order chi connectivity index (χ0) is 18.1. The number of nitrogens with zero attached hydrogens (tertiary/aromatic N) is 1. The van der Waals surface area contributed by atoms with E-state index < -0.39 is 11.6 Å². The molecule has 2 aromatic rings. The van der Waals surface area contributed by atoms with Crippen LogP contribution in [0.15, 0.2) is 34.8 Å². The molecule has 1 fully saturated rings. The van der Waals surface area contributed by atoms with Crippen LogP contribution in [0.2, 0.25) is 10.0 Å². The molecule has 0 unspecified atom stereocenters. The molecule has 1 aliphatic heterocycles. The monoisotopic (exact) mass is 447 g/mol. The van der Waals surface area contributed by atoms with Crippen molar-refractivity contribution in [3.05, 3.63) is 62.0 Å². The number of piperidine rings is 1. The smallest absolute Gasteiger partial charge is 0.227 e. The van der Waals surface area contributed by atoms with Crippen molar-refractivity contribution < 1.29 is 13.6 Å². The van der Waals surface area contributed by atoms with E-state index in [-0.39, 0.29) is 11.8 Å². The molecule has 1 aliphatic rings. The summed E-state index contributed by atoms with van der Waals surface area (Å²) in [6.45, 7) is 0.386. The van der Waals surface area contributed by atoms with Gasteiger partial charge in [-0.05, 0) is 42.5 Å². The van der Waals surface area contributed by atoms with E-state index >= 15 is 0 Å². The minimum atomic E-state index is -0.602. The Bertz CT molecular complexity index is 808. The molecule has 0 aromatic heterocycles. The molecular formula is C18H14BrCl2F2NO. The van der Waals surface area contributed by atoms with Crippen LogP contribution in [0.1, 0.15) is 18.4 Å². The van der Waals surface area contributed by atoms with Crippen molar-refractivity contribution >= 4 is 50.7 Å². The first-order valence-corrected chi connectivity index (χ1v) is 9.29. The molecule has 132 valence electrons. The Kier molecular flexibility index (Phi) is 5.66. The molecule has 2 nitrogen and oxygen atoms in total. The van der Waals surface area contributed by atoms with Crippen molar-refractivity contribution in [2.45, 2.75) is 19.3 Å². The summed E-state index contributed by atoms with van der Waals surface area (Å²) in [6, 6.07) is 6.93. The van der Waals surface area contributed by atoms with Crippen LogP contribution >= 0.6 is 39.1 Å². The van der Waals surface area contributed by atoms with Gasteiger partial charge in [-0.15, -0.1) is 0 Å². The van der Waals surface area contributed by atoms with Crippen molar-refractivity contribution in [2.75, 3.05) is 11.4 Å². The van der Waals surface area contributed by atoms with Crippen molar-refractivity contribution in [3.63, 3.8) is 0 Å². The molecule has 0 N–H and O–H groups in total. The highest BCUT2D eigenvalue weighted by Gasteiger charge is 2.30. The van der Waals surface area contributed by atoms with E-state index in [1.165, 1.54) is 12.1 Å². The van der Waals surface area contributed by atoms with Crippen molar-refractivity contribution in [1.29, 1.82) is 0 Å². The molecule has 3 rings (SSSR count). The van der Waals surface area contributed by atoms with Crippen LogP contribution in [-0.2, 0) is 11.2 Å². The third-order valence-electron chi connectivity index (χ3n) is 4.28. The fourth-order valence-corrected chi connectivity index (χ4v) is 4.50. The highest BCUT2D eigenvalue weighted by Crippen LogP contribution is 2.39. The first-order valence-electron chi connectivity index (χ1n) is 7.74. The average molecular weight is 449 g/mol. The van der Waals surface area contributed by atoms with E-state index in [1.54, 1.807) is 17.0 Å². The fraction of sp³-hybridized carbons (Fsp3) is 0.278. The van der Waals surface area contributed by atoms with E-state index in [2.05, 4.69) is 15.9 Å². The number of carbonyl (C=O) groups excluding carboxylic acids is 1. The Balaban J connectivity index is 1.84. The molecule has 2 aromatic carbocycles. The predicted molar refractivity (Wildman–Crippen MR) is 99.3 cm³/mol. The molecule has 0 saturated carbocycles. The first-order chi connectivity index (χ1) is 11.8. The van der Waals surface area contributed by atoms with Gasteiger partial charge in [-0.25, -0.2) is 8.78 Å². The van der Waals surface area contributed by atoms with Gasteiger partial charge >= 0.3 is 0 Å². The Morgan fingerprint density at radius 3 is 2.48 bits per heavy atom. The molecule has 0 radical (unpaired) electrons. The Hall–Kier alpha value is -1.17. The number of hydrogen-bond acceptors (Lipinski definition) is 1. The average Bonchev–Trinajstić information content (AvgIpc) is 2.52. The zero-order valence-corrected chi connectivity index (χ0v) is 16.1. The highest BCUT2D eigenvalue weighted by molar-refractivity contribution is 9.10. The van der Waals surface area contributed by atoms with Crippen LogP contribution in [0.4, 0.5) is 14.5 Å². The van der Waals surface area contributed by atoms with Gasteiger partial charge in [-0.1, -0.05) is 45.2 Å². The Morgan fingerprint density at radius 1 is 1.16 bits per heavy atom. The van der Waals surface area contributed by atoms with Gasteiger partial charge in [0.2, 0.25) is 5.91 Å². The lowest BCUT2D eigenvalue weighted by Gasteiger charge is -2.34. The largest absolute Gasteiger partial charge is 0.309 e. The van der Waals surface area contributed by atoms with Crippen LogP contribution in [0.3, 0.4) is 0 Å². The molecule has 25 heavy (non-hydrogen) atoms. The zero-order valence-electron chi connectivity index (χ0n) is 13.0. The second-order valence-electron chi connectivity index (χ2n) is 6.07. The summed E-state index contributed by atoms with van der Waals surface area (Å²) in [6.07, 6.45) is 1.38. The van der Waals surface area contributed by atoms with Crippen LogP contribution < -0.4 is 4.90 Å². The summed E-state index contributed by atoms with van der Waals surface area (Å²) in [5.41, 5.74) is 0.912. The Labute approximate surface area is 162 Å². The Morgan fingerprint density at radius 2 is 1.84 bits per heavy atom. The quantitative estimate of drug-likeness (QED) is 0.562. The van der Waals surface area contributed by atoms with Crippen LogP contribution in [-0.4, -0.2) is 12.5 Å². The van der Waals surface area contributed by atoms with Gasteiger partial charge in [0.15, 0.2) is 0 Å². The number of amides is 1. The SMILES string of the molecule is O=C1CC[C@H](Cc2ccc(F)cc2F)CN1c1c(Cl)cc(Br)cc1Cl. The summed E-state index contributed by atoms with van der Waals surface area (Å²) in [5.74, 6) is -1.20. The lowest BCUT2D eigenvalue weighted by molar-refractivity contribution is -0.120. The number of carbonyl (C=O) groups is 1. The number of anilines is 1. The van der Waals surface area contributed by atoms with Gasteiger partial charge in [0.1, 0.15) is 11.6 Å². The van der Waals surface area contributed by atoms with Gasteiger partial charge in [-0.3, -0.25) is 4.79 Å². The molecule has 1 atom stereocenters. The van der Waals surface area contributed by atoms with Gasteiger partial charge in [-0.2, -0.15) is 0 Å². The lowest BCUT2D eigenvalue weighted by Crippen LogP contribution is -2.41. The normalized spacial score (nSPS) is 17.9. The minimum Gasteiger partial charge on any atom is -0.309 e. The molecule has 0 spiro atoms. The van der Waals surface area contributed by atoms with Crippen molar-refractivity contribution in [3.8, 4) is 0 Å². The molecule has 0 bridgehead atoms. The van der Waals surface area contributed by atoms with Gasteiger partial charge in [0.25, 0.3) is 0 Å². The second-order valence-corrected chi connectivity index (χ2v) is 7.80. The standard InChI is InChI=1S/C18H14BrCl2F2NO/c19-12-6-14(20)18(15(21)7-12)24-9-10(1-4-17(24)25)5-11-2-3-13(22)8-16(11)23/h2-3,6-8,10H,1,4-5,9H2/t10-/m1/s1. The van der Waals surface area contributed by atoms with E-state index in [0.717, 1.165) is 10.5 Å². The fourth-order valence-electron chi connectivity index (χ4n) is 3.09. The summed E-state index contributed by atoms with van der Waals surface area (Å²) in [4.78, 5) is 13.9. The third-order valence-corrected chi connectivity index (χ3v) is 5.32. The maximum atomic E-state index is 13.9. The molecule has 0 aliphatic carbocycles. The van der Waals surface area contributed by atoms with E-state index in [9.17, 15) is 13.6 Å². The highest BCUT2D eigenvalue weighted by atomic mass is 79.9. The van der Waals surface area contributed by atoms with Gasteiger partial charge in [0, 0.05) is 23.5 Å². The topological polar surface area (TPSA) is 20.3 Å². The number of benzene rings is 2. The molecule has 7 heteroatoms. The summed E-state index contributed by atoms with van der Waals surface area (Å²) in [7, 11) is 0. The van der Waals surface area contributed by atoms with Gasteiger partial charge < -0.3 is 4.90 Å². The molecule has 1 amide bonds. The maximum absolute atomic E-state index is 13.9. The van der Waals surface area contributed by atoms with E-state index in [4.69, 9.17) is 23.2 Å². The van der Waals surface area contributed by atoms with Crippen LogP contribution in [0, 0.1) is 17.6 Å². The van der Waals surface area contributed by atoms with Crippen LogP contribution in [0.25, 0.3) is 0 Å². The summed E-state index contributed by atoms with van der Waals surface area (Å²) >= 11 is 15.9. The third kappa shape index (κ3) is 4.15. The summed E-state index contributed by atoms with van der Waals surface area (Å²) < 4.78 is 27.7. The number of halogens is 5. The molecular weight excluding hydrogens is 435 g/mol. The van der Waals surface area contributed by atoms with Crippen molar-refractivity contribution in [2.24, 2.45) is 5.92 Å². The minimum absolute atomic E-state index is 0.0356. The first kappa shape index (κ1) is 18.6. The van der Waals surface area contributed by atoms with Gasteiger partial charge in [0.05, 0.1) is 15.7 Å². The van der Waals surface area contributed by atoms with E-state index in [0.29, 0.717) is 47.1 Å². The molecule has 1 saturated heterocycles. The van der Waals surface area contributed by atoms with Crippen LogP contribution in [0.5, 0.6) is 0 Å². The lowest BCUT2D eigenvalue weighted by atomic mass is 9.90. The maximum Gasteiger partial charge on any atom is 0.227 e. The second kappa shape index (κ2) is 7.60. The predicted octanol–water partition coefficient (Wildman–Crippen LogP) is 6.02. The van der Waals surface area contributed by atoms with Crippen molar-refractivity contribution in [1.82, 2.24) is 0 Å². The number of rotatable bonds is 3. The van der Waals surface area contributed by atoms with E-state index in [1.807, 2.05) is 0 Å². The summed E-state index contributed by atoms with van der Waals surface area (Å²) in [5, 5.41) is 0.752.